The van der Waals surface area contributed by atoms with Crippen LogP contribution in [0.15, 0.2) is 47.1 Å². The third kappa shape index (κ3) is 4.09. The summed E-state index contributed by atoms with van der Waals surface area (Å²) in [7, 11) is 0. The summed E-state index contributed by atoms with van der Waals surface area (Å²) in [6, 6.07) is 11.3. The number of carbonyl (C=O) groups is 2. The predicted octanol–water partition coefficient (Wildman–Crippen LogP) is 2.49. The van der Waals surface area contributed by atoms with Crippen molar-refractivity contribution < 1.29 is 14.0 Å². The Morgan fingerprint density at radius 3 is 2.54 bits per heavy atom. The van der Waals surface area contributed by atoms with E-state index in [0.29, 0.717) is 12.3 Å². The van der Waals surface area contributed by atoms with Gasteiger partial charge in [-0.3, -0.25) is 9.59 Å². The molecule has 4 N–H and O–H groups in total. The number of aromatic nitrogens is 1. The lowest BCUT2D eigenvalue weighted by atomic mass is 10.1. The summed E-state index contributed by atoms with van der Waals surface area (Å²) >= 11 is 0.895. The van der Waals surface area contributed by atoms with Gasteiger partial charge in [0.05, 0.1) is 18.5 Å². The van der Waals surface area contributed by atoms with Crippen LogP contribution in [-0.4, -0.2) is 16.2 Å². The summed E-state index contributed by atoms with van der Waals surface area (Å²) in [5.41, 5.74) is 8.20. The maximum Gasteiger partial charge on any atom is 0.273 e. The average molecular weight is 370 g/mol. The fraction of sp³-hybridized carbons (Fsp3) is 0.167. The molecule has 2 heterocycles. The molecule has 0 aliphatic rings. The van der Waals surface area contributed by atoms with Crippen molar-refractivity contribution in [1.82, 2.24) is 15.0 Å². The molecule has 0 saturated heterocycles. The standard InChI is InChI=1S/C18H18N4O3S/c1-11-4-6-12(7-5-11)9-20-17(23)15-14(19)16(26-22-15)18(24)21-10-13-3-2-8-25-13/h2-8H,9-10,19H2,1H3,(H,20,23)(H,21,24). The Bertz CT molecular complexity index is 901. The second-order valence-corrected chi connectivity index (χ2v) is 6.48. The van der Waals surface area contributed by atoms with Crippen molar-refractivity contribution in [3.63, 3.8) is 0 Å². The number of aryl methyl sites for hydroxylation is 1. The van der Waals surface area contributed by atoms with Crippen molar-refractivity contribution in [1.29, 1.82) is 0 Å². The monoisotopic (exact) mass is 370 g/mol. The Labute approximate surface area is 154 Å². The highest BCUT2D eigenvalue weighted by molar-refractivity contribution is 7.09. The number of nitrogens with zero attached hydrogens (tertiary/aromatic N) is 1. The maximum atomic E-state index is 12.3. The first-order chi connectivity index (χ1) is 12.5. The van der Waals surface area contributed by atoms with E-state index < -0.39 is 11.8 Å². The van der Waals surface area contributed by atoms with E-state index >= 15 is 0 Å². The van der Waals surface area contributed by atoms with E-state index in [1.54, 1.807) is 12.1 Å². The Kier molecular flexibility index (Phi) is 5.33. The topological polar surface area (TPSA) is 110 Å². The predicted molar refractivity (Wildman–Crippen MR) is 98.8 cm³/mol. The molecule has 2 aromatic heterocycles. The molecule has 0 unspecified atom stereocenters. The van der Waals surface area contributed by atoms with Crippen LogP contribution < -0.4 is 16.4 Å². The molecule has 134 valence electrons. The molecule has 0 aliphatic carbocycles. The van der Waals surface area contributed by atoms with Crippen molar-refractivity contribution >= 4 is 29.0 Å². The highest BCUT2D eigenvalue weighted by Crippen LogP contribution is 2.21. The summed E-state index contributed by atoms with van der Waals surface area (Å²) < 4.78 is 9.18. The van der Waals surface area contributed by atoms with E-state index in [0.717, 1.165) is 22.7 Å². The van der Waals surface area contributed by atoms with E-state index in [-0.39, 0.29) is 22.8 Å². The van der Waals surface area contributed by atoms with Crippen molar-refractivity contribution in [2.75, 3.05) is 5.73 Å². The van der Waals surface area contributed by atoms with E-state index in [9.17, 15) is 9.59 Å². The van der Waals surface area contributed by atoms with Gasteiger partial charge in [-0.15, -0.1) is 0 Å². The first-order valence-electron chi connectivity index (χ1n) is 7.94. The number of nitrogen functional groups attached to an aromatic ring is 1. The largest absolute Gasteiger partial charge is 0.467 e. The molecular formula is C18H18N4O3S. The molecule has 0 aliphatic heterocycles. The lowest BCUT2D eigenvalue weighted by molar-refractivity contribution is 0.0946. The van der Waals surface area contributed by atoms with Crippen LogP contribution in [0.3, 0.4) is 0 Å². The highest BCUT2D eigenvalue weighted by atomic mass is 32.1. The van der Waals surface area contributed by atoms with Gasteiger partial charge in [-0.25, -0.2) is 0 Å². The number of nitrogens with two attached hydrogens (primary N) is 1. The van der Waals surface area contributed by atoms with Gasteiger partial charge in [-0.1, -0.05) is 29.8 Å². The summed E-state index contributed by atoms with van der Waals surface area (Å²) in [5, 5.41) is 5.44. The van der Waals surface area contributed by atoms with Crippen LogP contribution in [0.4, 0.5) is 5.69 Å². The second-order valence-electron chi connectivity index (χ2n) is 5.70. The Balaban J connectivity index is 1.60. The van der Waals surface area contributed by atoms with Crippen LogP contribution in [0, 0.1) is 6.92 Å². The lowest BCUT2D eigenvalue weighted by Gasteiger charge is -2.05. The molecule has 0 spiro atoms. The Morgan fingerprint density at radius 1 is 1.12 bits per heavy atom. The average Bonchev–Trinajstić information content (AvgIpc) is 3.28. The fourth-order valence-electron chi connectivity index (χ4n) is 2.26. The number of benzene rings is 1. The van der Waals surface area contributed by atoms with Crippen molar-refractivity contribution in [2.45, 2.75) is 20.0 Å². The van der Waals surface area contributed by atoms with Gasteiger partial charge in [-0.2, -0.15) is 4.37 Å². The Morgan fingerprint density at radius 2 is 1.85 bits per heavy atom. The molecule has 8 heteroatoms. The first kappa shape index (κ1) is 17.7. The Hall–Kier alpha value is -3.13. The summed E-state index contributed by atoms with van der Waals surface area (Å²) in [6.07, 6.45) is 1.53. The van der Waals surface area contributed by atoms with Crippen molar-refractivity contribution in [2.24, 2.45) is 0 Å². The molecule has 0 radical (unpaired) electrons. The maximum absolute atomic E-state index is 12.3. The summed E-state index contributed by atoms with van der Waals surface area (Å²) in [4.78, 5) is 24.7. The van der Waals surface area contributed by atoms with Gasteiger partial charge in [0.1, 0.15) is 10.6 Å². The minimum Gasteiger partial charge on any atom is -0.467 e. The van der Waals surface area contributed by atoms with E-state index in [2.05, 4.69) is 15.0 Å². The minimum absolute atomic E-state index is 0.0604. The van der Waals surface area contributed by atoms with E-state index in [1.165, 1.54) is 6.26 Å². The molecule has 0 saturated carbocycles. The third-order valence-electron chi connectivity index (χ3n) is 3.73. The number of anilines is 1. The van der Waals surface area contributed by atoms with Gasteiger partial charge < -0.3 is 20.8 Å². The molecular weight excluding hydrogens is 352 g/mol. The lowest BCUT2D eigenvalue weighted by Crippen LogP contribution is -2.25. The van der Waals surface area contributed by atoms with Crippen molar-refractivity contribution in [3.05, 3.63) is 70.1 Å². The molecule has 7 nitrogen and oxygen atoms in total. The molecule has 26 heavy (non-hydrogen) atoms. The quantitative estimate of drug-likeness (QED) is 0.617. The van der Waals surface area contributed by atoms with Gasteiger partial charge in [0.15, 0.2) is 5.69 Å². The SMILES string of the molecule is Cc1ccc(CNC(=O)c2nsc(C(=O)NCc3ccco3)c2N)cc1. The number of hydrogen-bond acceptors (Lipinski definition) is 6. The molecule has 0 bridgehead atoms. The zero-order valence-corrected chi connectivity index (χ0v) is 14.9. The fourth-order valence-corrected chi connectivity index (χ4v) is 2.97. The van der Waals surface area contributed by atoms with Gasteiger partial charge >= 0.3 is 0 Å². The number of carbonyl (C=O) groups excluding carboxylic acids is 2. The number of rotatable bonds is 6. The van der Waals surface area contributed by atoms with Crippen LogP contribution >= 0.6 is 11.5 Å². The molecule has 2 amide bonds. The molecule has 1 aromatic carbocycles. The normalized spacial score (nSPS) is 10.5. The summed E-state index contributed by atoms with van der Waals surface area (Å²) in [5.74, 6) is -0.184. The van der Waals surface area contributed by atoms with Gasteiger partial charge in [0.2, 0.25) is 0 Å². The molecule has 3 aromatic rings. The van der Waals surface area contributed by atoms with Gasteiger partial charge in [-0.05, 0) is 36.2 Å². The van der Waals surface area contributed by atoms with Crippen LogP contribution in [0.5, 0.6) is 0 Å². The van der Waals surface area contributed by atoms with Gasteiger partial charge in [0, 0.05) is 6.54 Å². The van der Waals surface area contributed by atoms with Crippen LogP contribution in [-0.2, 0) is 13.1 Å². The highest BCUT2D eigenvalue weighted by Gasteiger charge is 2.22. The van der Waals surface area contributed by atoms with Gasteiger partial charge in [0.25, 0.3) is 11.8 Å². The van der Waals surface area contributed by atoms with Crippen LogP contribution in [0.1, 0.15) is 37.0 Å². The van der Waals surface area contributed by atoms with E-state index in [4.69, 9.17) is 10.2 Å². The van der Waals surface area contributed by atoms with E-state index in [1.807, 2.05) is 31.2 Å². The zero-order valence-electron chi connectivity index (χ0n) is 14.1. The zero-order chi connectivity index (χ0) is 18.5. The van der Waals surface area contributed by atoms with Crippen LogP contribution in [0.2, 0.25) is 0 Å². The van der Waals surface area contributed by atoms with Crippen molar-refractivity contribution in [3.8, 4) is 0 Å². The third-order valence-corrected chi connectivity index (χ3v) is 4.59. The number of furan rings is 1. The molecule has 0 fully saturated rings. The number of amides is 2. The smallest absolute Gasteiger partial charge is 0.273 e. The van der Waals surface area contributed by atoms with Crippen LogP contribution in [0.25, 0.3) is 0 Å². The number of nitrogens with one attached hydrogen (secondary N) is 2. The second kappa shape index (κ2) is 7.83. The first-order valence-corrected chi connectivity index (χ1v) is 8.71. The minimum atomic E-state index is -0.413. The summed E-state index contributed by atoms with van der Waals surface area (Å²) in [6.45, 7) is 2.59. The molecule has 3 rings (SSSR count). The number of hydrogen-bond donors (Lipinski definition) is 3. The molecule has 0 atom stereocenters.